The molecular formula is C20H26F4N2O2. The Morgan fingerprint density at radius 2 is 1.86 bits per heavy atom. The Balaban J connectivity index is 1.72. The van der Waals surface area contributed by atoms with Crippen molar-refractivity contribution in [1.29, 1.82) is 0 Å². The molecular weight excluding hydrogens is 376 g/mol. The molecule has 0 radical (unpaired) electrons. The van der Waals surface area contributed by atoms with Gasteiger partial charge in [-0.05, 0) is 24.5 Å². The second kappa shape index (κ2) is 9.22. The van der Waals surface area contributed by atoms with Crippen LogP contribution in [0.3, 0.4) is 0 Å². The van der Waals surface area contributed by atoms with E-state index in [1.54, 1.807) is 0 Å². The molecule has 2 fully saturated rings. The fraction of sp³-hybridized carbons (Fsp3) is 0.650. The van der Waals surface area contributed by atoms with Gasteiger partial charge in [-0.2, -0.15) is 0 Å². The Labute approximate surface area is 162 Å². The van der Waals surface area contributed by atoms with Gasteiger partial charge in [-0.3, -0.25) is 14.6 Å². The Bertz CT molecular complexity index is 678. The third-order valence-electron chi connectivity index (χ3n) is 6.10. The first-order valence-electron chi connectivity index (χ1n) is 9.61. The predicted molar refractivity (Wildman–Crippen MR) is 96.5 cm³/mol. The molecule has 1 unspecified atom stereocenters. The lowest BCUT2D eigenvalue weighted by molar-refractivity contribution is -0.145. The molecule has 28 heavy (non-hydrogen) atoms. The number of carbonyl (C=O) groups excluding carboxylic acids is 1. The van der Waals surface area contributed by atoms with Crippen LogP contribution < -0.4 is 0 Å². The van der Waals surface area contributed by atoms with Crippen molar-refractivity contribution in [3.8, 4) is 0 Å². The van der Waals surface area contributed by atoms with Crippen LogP contribution in [-0.2, 0) is 9.53 Å². The van der Waals surface area contributed by atoms with Crippen molar-refractivity contribution >= 4 is 5.97 Å². The largest absolute Gasteiger partial charge is 0.469 e. The van der Waals surface area contributed by atoms with Gasteiger partial charge < -0.3 is 4.74 Å². The fourth-order valence-electron chi connectivity index (χ4n) is 4.49. The van der Waals surface area contributed by atoms with Crippen molar-refractivity contribution in [2.45, 2.75) is 30.8 Å². The second-order valence-electron chi connectivity index (χ2n) is 7.59. The summed E-state index contributed by atoms with van der Waals surface area (Å²) in [5, 5.41) is 0. The number of methoxy groups -OCH3 is 1. The summed E-state index contributed by atoms with van der Waals surface area (Å²) in [6, 6.07) is 2.88. The van der Waals surface area contributed by atoms with E-state index in [0.717, 1.165) is 18.9 Å². The summed E-state index contributed by atoms with van der Waals surface area (Å²) in [4.78, 5) is 16.2. The lowest BCUT2D eigenvalue weighted by Gasteiger charge is -2.39. The van der Waals surface area contributed by atoms with Crippen LogP contribution in [0.1, 0.15) is 24.3 Å². The Hall–Kier alpha value is -1.67. The van der Waals surface area contributed by atoms with Crippen molar-refractivity contribution in [1.82, 2.24) is 9.80 Å². The van der Waals surface area contributed by atoms with Crippen LogP contribution in [0.15, 0.2) is 18.2 Å². The number of nitrogens with zero attached hydrogens (tertiary/aromatic N) is 2. The van der Waals surface area contributed by atoms with Gasteiger partial charge in [0.15, 0.2) is 0 Å². The van der Waals surface area contributed by atoms with E-state index in [0.29, 0.717) is 31.7 Å². The standard InChI is InChI=1S/C20H26F4N2O2/c1-28-20(27)18-12-26(11-17(18)16-3-2-13(23)8-19(16)24)14-4-6-25(7-5-14)15(9-21)10-22/h2-3,8,14-15,17-18H,4-7,9-12H2,1H3/t17-,18?/m0/s1. The van der Waals surface area contributed by atoms with Gasteiger partial charge in [-0.25, -0.2) is 17.6 Å². The van der Waals surface area contributed by atoms with E-state index in [9.17, 15) is 22.4 Å². The molecule has 0 saturated carbocycles. The molecule has 1 aromatic carbocycles. The third kappa shape index (κ3) is 4.33. The molecule has 0 N–H and O–H groups in total. The summed E-state index contributed by atoms with van der Waals surface area (Å²) in [6.07, 6.45) is 1.45. The molecule has 3 rings (SSSR count). The minimum absolute atomic E-state index is 0.150. The number of piperidine rings is 1. The Kier molecular flexibility index (Phi) is 6.93. The number of benzene rings is 1. The van der Waals surface area contributed by atoms with Crippen LogP contribution >= 0.6 is 0 Å². The van der Waals surface area contributed by atoms with Crippen LogP contribution in [0.2, 0.25) is 0 Å². The van der Waals surface area contributed by atoms with Crippen molar-refractivity contribution in [2.24, 2.45) is 5.92 Å². The molecule has 0 aliphatic carbocycles. The molecule has 2 atom stereocenters. The summed E-state index contributed by atoms with van der Waals surface area (Å²) in [6.45, 7) is 0.635. The summed E-state index contributed by atoms with van der Waals surface area (Å²) < 4.78 is 58.4. The van der Waals surface area contributed by atoms with Gasteiger partial charge in [0.1, 0.15) is 25.0 Å². The minimum atomic E-state index is -0.707. The van der Waals surface area contributed by atoms with Crippen molar-refractivity contribution in [3.63, 3.8) is 0 Å². The van der Waals surface area contributed by atoms with E-state index in [1.807, 2.05) is 4.90 Å². The van der Waals surface area contributed by atoms with E-state index in [-0.39, 0.29) is 6.04 Å². The fourth-order valence-corrected chi connectivity index (χ4v) is 4.49. The SMILES string of the molecule is COC(=O)C1CN(C2CCN(C(CF)CF)CC2)C[C@H]1c1ccc(F)cc1F. The molecule has 4 nitrogen and oxygen atoms in total. The van der Waals surface area contributed by atoms with E-state index >= 15 is 0 Å². The highest BCUT2D eigenvalue weighted by atomic mass is 19.1. The first-order chi connectivity index (χ1) is 13.5. The van der Waals surface area contributed by atoms with Gasteiger partial charge >= 0.3 is 5.97 Å². The van der Waals surface area contributed by atoms with Crippen LogP contribution in [-0.4, -0.2) is 74.5 Å². The smallest absolute Gasteiger partial charge is 0.310 e. The quantitative estimate of drug-likeness (QED) is 0.541. The van der Waals surface area contributed by atoms with E-state index in [1.165, 1.54) is 19.2 Å². The van der Waals surface area contributed by atoms with Crippen molar-refractivity contribution in [3.05, 3.63) is 35.4 Å². The first kappa shape index (κ1) is 21.0. The average molecular weight is 402 g/mol. The number of carbonyl (C=O) groups is 1. The number of halogens is 4. The normalized spacial score (nSPS) is 24.8. The first-order valence-corrected chi connectivity index (χ1v) is 9.61. The third-order valence-corrected chi connectivity index (χ3v) is 6.10. The van der Waals surface area contributed by atoms with Gasteiger partial charge in [-0.15, -0.1) is 0 Å². The van der Waals surface area contributed by atoms with E-state index in [4.69, 9.17) is 4.74 Å². The maximum atomic E-state index is 14.3. The summed E-state index contributed by atoms with van der Waals surface area (Å²) >= 11 is 0. The topological polar surface area (TPSA) is 32.8 Å². The number of likely N-dealkylation sites (tertiary alicyclic amines) is 2. The minimum Gasteiger partial charge on any atom is -0.469 e. The Morgan fingerprint density at radius 1 is 1.18 bits per heavy atom. The van der Waals surface area contributed by atoms with Gasteiger partial charge in [0.2, 0.25) is 0 Å². The van der Waals surface area contributed by atoms with Crippen molar-refractivity contribution in [2.75, 3.05) is 46.6 Å². The maximum absolute atomic E-state index is 14.3. The van der Waals surface area contributed by atoms with Crippen molar-refractivity contribution < 1.29 is 27.1 Å². The molecule has 8 heteroatoms. The number of ether oxygens (including phenoxy) is 1. The molecule has 0 spiro atoms. The zero-order valence-corrected chi connectivity index (χ0v) is 15.9. The molecule has 2 aliphatic heterocycles. The number of rotatable bonds is 6. The lowest BCUT2D eigenvalue weighted by atomic mass is 9.88. The van der Waals surface area contributed by atoms with Gasteiger partial charge in [0, 0.05) is 44.2 Å². The van der Waals surface area contributed by atoms with Gasteiger partial charge in [0.25, 0.3) is 0 Å². The number of hydrogen-bond acceptors (Lipinski definition) is 4. The molecule has 156 valence electrons. The number of alkyl halides is 2. The molecule has 1 aromatic rings. The summed E-state index contributed by atoms with van der Waals surface area (Å²) in [5.41, 5.74) is 0.312. The van der Waals surface area contributed by atoms with E-state index < -0.39 is 48.8 Å². The lowest BCUT2D eigenvalue weighted by Crippen LogP contribution is -2.49. The molecule has 0 bridgehead atoms. The highest BCUT2D eigenvalue weighted by Gasteiger charge is 2.43. The monoisotopic (exact) mass is 402 g/mol. The average Bonchev–Trinajstić information content (AvgIpc) is 3.14. The van der Waals surface area contributed by atoms with Gasteiger partial charge in [0.05, 0.1) is 19.1 Å². The molecule has 2 aliphatic rings. The van der Waals surface area contributed by atoms with Crippen LogP contribution in [0.25, 0.3) is 0 Å². The molecule has 0 aromatic heterocycles. The highest BCUT2D eigenvalue weighted by molar-refractivity contribution is 5.74. The van der Waals surface area contributed by atoms with Crippen LogP contribution in [0.5, 0.6) is 0 Å². The number of hydrogen-bond donors (Lipinski definition) is 0. The summed E-state index contributed by atoms with van der Waals surface area (Å²) in [7, 11) is 1.30. The predicted octanol–water partition coefficient (Wildman–Crippen LogP) is 2.93. The molecule has 2 saturated heterocycles. The number of esters is 1. The highest BCUT2D eigenvalue weighted by Crippen LogP contribution is 2.37. The van der Waals surface area contributed by atoms with E-state index in [2.05, 4.69) is 4.90 Å². The van der Waals surface area contributed by atoms with Crippen LogP contribution in [0, 0.1) is 17.6 Å². The maximum Gasteiger partial charge on any atom is 0.310 e. The molecule has 0 amide bonds. The van der Waals surface area contributed by atoms with Crippen LogP contribution in [0.4, 0.5) is 17.6 Å². The zero-order chi connectivity index (χ0) is 20.3. The second-order valence-corrected chi connectivity index (χ2v) is 7.59. The molecule has 2 heterocycles. The van der Waals surface area contributed by atoms with Gasteiger partial charge in [-0.1, -0.05) is 6.07 Å². The zero-order valence-electron chi connectivity index (χ0n) is 15.9. The summed E-state index contributed by atoms with van der Waals surface area (Å²) in [5.74, 6) is -2.69. The Morgan fingerprint density at radius 3 is 2.43 bits per heavy atom.